The number of alkyl halides is 3. The van der Waals surface area contributed by atoms with E-state index >= 15 is 0 Å². The fraction of sp³-hybridized carbons (Fsp3) is 0.200. The molecule has 0 aliphatic heterocycles. The molecule has 0 saturated heterocycles. The Bertz CT molecular complexity index is 602. The summed E-state index contributed by atoms with van der Waals surface area (Å²) >= 11 is 0. The number of halogens is 4. The molecule has 0 radical (unpaired) electrons. The maximum absolute atomic E-state index is 13.2. The largest absolute Gasteiger partial charge is 0.416 e. The Hall–Kier alpha value is -1.88. The number of aliphatic hydroxyl groups is 1. The van der Waals surface area contributed by atoms with Gasteiger partial charge in [-0.2, -0.15) is 13.2 Å². The van der Waals surface area contributed by atoms with Gasteiger partial charge in [-0.1, -0.05) is 18.2 Å². The van der Waals surface area contributed by atoms with Gasteiger partial charge in [0.15, 0.2) is 0 Å². The van der Waals surface area contributed by atoms with Gasteiger partial charge in [0.25, 0.3) is 0 Å². The zero-order valence-corrected chi connectivity index (χ0v) is 10.6. The van der Waals surface area contributed by atoms with E-state index in [2.05, 4.69) is 0 Å². The molecule has 2 rings (SSSR count). The van der Waals surface area contributed by atoms with Crippen LogP contribution in [0.5, 0.6) is 0 Å². The smallest absolute Gasteiger partial charge is 0.384 e. The van der Waals surface area contributed by atoms with Crippen molar-refractivity contribution in [1.29, 1.82) is 0 Å². The lowest BCUT2D eigenvalue weighted by atomic mass is 9.96. The molecule has 0 saturated carbocycles. The molecule has 0 spiro atoms. The first kappa shape index (κ1) is 14.5. The van der Waals surface area contributed by atoms with Gasteiger partial charge in [0, 0.05) is 0 Å². The molecule has 1 unspecified atom stereocenters. The molecule has 2 aromatic rings. The topological polar surface area (TPSA) is 20.2 Å². The SMILES string of the molecule is Cc1ccc(F)cc1C(O)c1ccc(C(F)(F)F)cc1. The van der Waals surface area contributed by atoms with E-state index in [0.29, 0.717) is 11.1 Å². The number of aliphatic hydroxyl groups excluding tert-OH is 1. The van der Waals surface area contributed by atoms with Gasteiger partial charge < -0.3 is 5.11 Å². The van der Waals surface area contributed by atoms with Crippen LogP contribution in [0, 0.1) is 12.7 Å². The summed E-state index contributed by atoms with van der Waals surface area (Å²) in [5.41, 5.74) is 0.500. The molecule has 0 aliphatic rings. The Morgan fingerprint density at radius 3 is 2.15 bits per heavy atom. The molecule has 0 bridgehead atoms. The highest BCUT2D eigenvalue weighted by Gasteiger charge is 2.30. The maximum atomic E-state index is 13.2. The summed E-state index contributed by atoms with van der Waals surface area (Å²) in [6.45, 7) is 1.70. The standard InChI is InChI=1S/C15H12F4O/c1-9-2-7-12(16)8-13(9)14(20)10-3-5-11(6-4-10)15(17,18)19/h2-8,14,20H,1H3. The van der Waals surface area contributed by atoms with Crippen molar-refractivity contribution in [2.45, 2.75) is 19.2 Å². The molecule has 1 atom stereocenters. The van der Waals surface area contributed by atoms with Gasteiger partial charge in [-0.25, -0.2) is 4.39 Å². The summed E-state index contributed by atoms with van der Waals surface area (Å²) < 4.78 is 50.5. The molecule has 20 heavy (non-hydrogen) atoms. The minimum Gasteiger partial charge on any atom is -0.384 e. The number of benzene rings is 2. The fourth-order valence-electron chi connectivity index (χ4n) is 1.94. The lowest BCUT2D eigenvalue weighted by Gasteiger charge is -2.15. The van der Waals surface area contributed by atoms with Gasteiger partial charge in [0.05, 0.1) is 5.56 Å². The van der Waals surface area contributed by atoms with Gasteiger partial charge in [0.1, 0.15) is 11.9 Å². The normalized spacial score (nSPS) is 13.3. The molecular weight excluding hydrogens is 272 g/mol. The average Bonchev–Trinajstić information content (AvgIpc) is 2.40. The van der Waals surface area contributed by atoms with Crippen LogP contribution in [-0.4, -0.2) is 5.11 Å². The van der Waals surface area contributed by atoms with Crippen LogP contribution in [0.25, 0.3) is 0 Å². The second-order valence-electron chi connectivity index (χ2n) is 4.52. The quantitative estimate of drug-likeness (QED) is 0.818. The predicted molar refractivity (Wildman–Crippen MR) is 66.6 cm³/mol. The molecule has 5 heteroatoms. The zero-order chi connectivity index (χ0) is 14.9. The van der Waals surface area contributed by atoms with E-state index in [-0.39, 0.29) is 5.56 Å². The molecule has 0 fully saturated rings. The molecule has 0 amide bonds. The first-order valence-corrected chi connectivity index (χ1v) is 5.90. The molecule has 0 heterocycles. The zero-order valence-electron chi connectivity index (χ0n) is 10.6. The van der Waals surface area contributed by atoms with E-state index < -0.39 is 23.7 Å². The molecule has 1 N–H and O–H groups in total. The van der Waals surface area contributed by atoms with Crippen LogP contribution in [-0.2, 0) is 6.18 Å². The highest BCUT2D eigenvalue weighted by atomic mass is 19.4. The van der Waals surface area contributed by atoms with Crippen molar-refractivity contribution in [3.05, 3.63) is 70.5 Å². The number of hydrogen-bond acceptors (Lipinski definition) is 1. The van der Waals surface area contributed by atoms with Crippen molar-refractivity contribution in [3.63, 3.8) is 0 Å². The van der Waals surface area contributed by atoms with Gasteiger partial charge in [-0.05, 0) is 47.9 Å². The lowest BCUT2D eigenvalue weighted by molar-refractivity contribution is -0.137. The maximum Gasteiger partial charge on any atom is 0.416 e. The predicted octanol–water partition coefficient (Wildman–Crippen LogP) is 4.23. The van der Waals surface area contributed by atoms with Crippen molar-refractivity contribution >= 4 is 0 Å². The van der Waals surface area contributed by atoms with Gasteiger partial charge >= 0.3 is 6.18 Å². The van der Waals surface area contributed by atoms with Crippen LogP contribution >= 0.6 is 0 Å². The van der Waals surface area contributed by atoms with Gasteiger partial charge in [-0.15, -0.1) is 0 Å². The third-order valence-corrected chi connectivity index (χ3v) is 3.09. The first-order chi connectivity index (χ1) is 9.29. The molecule has 2 aromatic carbocycles. The summed E-state index contributed by atoms with van der Waals surface area (Å²) in [6.07, 6.45) is -5.58. The lowest BCUT2D eigenvalue weighted by Crippen LogP contribution is -2.06. The van der Waals surface area contributed by atoms with Crippen LogP contribution < -0.4 is 0 Å². The summed E-state index contributed by atoms with van der Waals surface area (Å²) in [6, 6.07) is 8.13. The molecule has 1 nitrogen and oxygen atoms in total. The molecule has 0 aromatic heterocycles. The number of aryl methyl sites for hydroxylation is 1. The van der Waals surface area contributed by atoms with Crippen molar-refractivity contribution in [2.75, 3.05) is 0 Å². The molecule has 106 valence electrons. The highest BCUT2D eigenvalue weighted by molar-refractivity contribution is 5.36. The Balaban J connectivity index is 2.34. The third kappa shape index (κ3) is 2.99. The van der Waals surface area contributed by atoms with E-state index in [0.717, 1.165) is 12.1 Å². The Labute approximate surface area is 113 Å². The summed E-state index contributed by atoms with van der Waals surface area (Å²) in [5, 5.41) is 10.1. The molecular formula is C15H12F4O. The Morgan fingerprint density at radius 1 is 1.00 bits per heavy atom. The van der Waals surface area contributed by atoms with Crippen molar-refractivity contribution in [2.24, 2.45) is 0 Å². The van der Waals surface area contributed by atoms with Crippen LogP contribution in [0.2, 0.25) is 0 Å². The Morgan fingerprint density at radius 2 is 1.60 bits per heavy atom. The van der Waals surface area contributed by atoms with E-state index in [4.69, 9.17) is 0 Å². The number of rotatable bonds is 2. The second-order valence-corrected chi connectivity index (χ2v) is 4.52. The van der Waals surface area contributed by atoms with Crippen LogP contribution in [0.15, 0.2) is 42.5 Å². The minimum absolute atomic E-state index is 0.284. The van der Waals surface area contributed by atoms with Gasteiger partial charge in [0.2, 0.25) is 0 Å². The fourth-order valence-corrected chi connectivity index (χ4v) is 1.94. The van der Waals surface area contributed by atoms with E-state index in [1.807, 2.05) is 0 Å². The average molecular weight is 284 g/mol. The Kier molecular flexibility index (Phi) is 3.81. The highest BCUT2D eigenvalue weighted by Crippen LogP contribution is 2.31. The number of hydrogen-bond donors (Lipinski definition) is 1. The van der Waals surface area contributed by atoms with E-state index in [1.165, 1.54) is 30.3 Å². The summed E-state index contributed by atoms with van der Waals surface area (Å²) in [4.78, 5) is 0. The van der Waals surface area contributed by atoms with E-state index in [9.17, 15) is 22.7 Å². The van der Waals surface area contributed by atoms with Gasteiger partial charge in [-0.3, -0.25) is 0 Å². The van der Waals surface area contributed by atoms with Crippen LogP contribution in [0.3, 0.4) is 0 Å². The van der Waals surface area contributed by atoms with Crippen LogP contribution in [0.4, 0.5) is 17.6 Å². The molecule has 0 aliphatic carbocycles. The minimum atomic E-state index is -4.42. The summed E-state index contributed by atoms with van der Waals surface area (Å²) in [7, 11) is 0. The monoisotopic (exact) mass is 284 g/mol. The summed E-state index contributed by atoms with van der Waals surface area (Å²) in [5.74, 6) is -0.503. The first-order valence-electron chi connectivity index (χ1n) is 5.90. The third-order valence-electron chi connectivity index (χ3n) is 3.09. The van der Waals surface area contributed by atoms with Crippen molar-refractivity contribution in [1.82, 2.24) is 0 Å². The van der Waals surface area contributed by atoms with E-state index in [1.54, 1.807) is 6.92 Å². The van der Waals surface area contributed by atoms with Crippen molar-refractivity contribution < 1.29 is 22.7 Å². The van der Waals surface area contributed by atoms with Crippen LogP contribution in [0.1, 0.15) is 28.4 Å². The second kappa shape index (κ2) is 5.25. The van der Waals surface area contributed by atoms with Crippen molar-refractivity contribution in [3.8, 4) is 0 Å².